The topological polar surface area (TPSA) is 119 Å². The second kappa shape index (κ2) is 4.92. The molecule has 5 N–H and O–H groups in total. The molecular weight excluding hydrogens is 210 g/mol. The van der Waals surface area contributed by atoms with Crippen LogP contribution in [0.4, 0.5) is 5.82 Å². The summed E-state index contributed by atoms with van der Waals surface area (Å²) in [5.41, 5.74) is 11.0. The predicted octanol–water partition coefficient (Wildman–Crippen LogP) is 0.251. The van der Waals surface area contributed by atoms with Crippen molar-refractivity contribution in [1.29, 1.82) is 0 Å². The first-order valence-corrected chi connectivity index (χ1v) is 4.44. The van der Waals surface area contributed by atoms with Crippen LogP contribution in [0.15, 0.2) is 18.3 Å². The summed E-state index contributed by atoms with van der Waals surface area (Å²) in [6.45, 7) is 0. The van der Waals surface area contributed by atoms with Crippen LogP contribution in [0.1, 0.15) is 22.3 Å². The molecule has 0 bridgehead atoms. The number of nitrogens with two attached hydrogens (primary N) is 2. The van der Waals surface area contributed by atoms with Gasteiger partial charge in [-0.05, 0) is 6.07 Å². The van der Waals surface area contributed by atoms with Crippen molar-refractivity contribution in [2.75, 3.05) is 5.73 Å². The van der Waals surface area contributed by atoms with E-state index in [1.807, 2.05) is 0 Å². The summed E-state index contributed by atoms with van der Waals surface area (Å²) in [6, 6.07) is 1.38. The minimum Gasteiger partial charge on any atom is -0.478 e. The van der Waals surface area contributed by atoms with Crippen molar-refractivity contribution in [2.45, 2.75) is 6.42 Å². The van der Waals surface area contributed by atoms with Gasteiger partial charge >= 0.3 is 5.97 Å². The van der Waals surface area contributed by atoms with Gasteiger partial charge in [0.2, 0.25) is 5.91 Å². The summed E-state index contributed by atoms with van der Waals surface area (Å²) in [7, 11) is 0. The van der Waals surface area contributed by atoms with Gasteiger partial charge in [0.05, 0.1) is 5.56 Å². The molecule has 0 aliphatic rings. The Morgan fingerprint density at radius 1 is 1.50 bits per heavy atom. The monoisotopic (exact) mass is 221 g/mol. The Labute approximate surface area is 91.6 Å². The third kappa shape index (κ3) is 3.09. The zero-order valence-electron chi connectivity index (χ0n) is 8.38. The first-order chi connectivity index (χ1) is 7.50. The molecule has 1 aromatic rings. The molecule has 0 atom stereocenters. The molecule has 1 aromatic heterocycles. The molecular formula is C10H11N3O3. The molecule has 0 saturated heterocycles. The number of aromatic nitrogens is 1. The third-order valence-electron chi connectivity index (χ3n) is 1.81. The number of pyridine rings is 1. The number of anilines is 1. The molecule has 6 nitrogen and oxygen atoms in total. The SMILES string of the molecule is NC(=O)CC=Cc1cc(C(=O)O)cnc1N. The lowest BCUT2D eigenvalue weighted by atomic mass is 10.1. The van der Waals surface area contributed by atoms with Crippen molar-refractivity contribution >= 4 is 23.8 Å². The van der Waals surface area contributed by atoms with Crippen LogP contribution in [-0.2, 0) is 4.79 Å². The van der Waals surface area contributed by atoms with Crippen LogP contribution < -0.4 is 11.5 Å². The van der Waals surface area contributed by atoms with Crippen molar-refractivity contribution in [3.8, 4) is 0 Å². The van der Waals surface area contributed by atoms with Gasteiger partial charge in [0, 0.05) is 18.2 Å². The summed E-state index contributed by atoms with van der Waals surface area (Å²) in [5, 5.41) is 8.73. The molecule has 16 heavy (non-hydrogen) atoms. The quantitative estimate of drug-likeness (QED) is 0.673. The van der Waals surface area contributed by atoms with Gasteiger partial charge in [-0.15, -0.1) is 0 Å². The number of primary amides is 1. The maximum Gasteiger partial charge on any atom is 0.337 e. The standard InChI is InChI=1S/C10H11N3O3/c11-8(14)3-1-2-6-4-7(10(15)16)5-13-9(6)12/h1-2,4-5H,3H2,(H2,11,14)(H2,12,13)(H,15,16). The highest BCUT2D eigenvalue weighted by Gasteiger charge is 2.05. The van der Waals surface area contributed by atoms with Gasteiger partial charge in [-0.3, -0.25) is 4.79 Å². The maximum absolute atomic E-state index is 10.7. The first kappa shape index (κ1) is 11.7. The van der Waals surface area contributed by atoms with E-state index in [-0.39, 0.29) is 17.8 Å². The van der Waals surface area contributed by atoms with Gasteiger partial charge < -0.3 is 16.6 Å². The summed E-state index contributed by atoms with van der Waals surface area (Å²) in [6.07, 6.45) is 4.25. The zero-order valence-corrected chi connectivity index (χ0v) is 8.38. The number of carboxylic acid groups (broad SMARTS) is 1. The van der Waals surface area contributed by atoms with Crippen LogP contribution in [0, 0.1) is 0 Å². The number of amides is 1. The highest BCUT2D eigenvalue weighted by Crippen LogP contribution is 2.13. The summed E-state index contributed by atoms with van der Waals surface area (Å²) in [5.74, 6) is -1.36. The average Bonchev–Trinajstić information content (AvgIpc) is 2.20. The van der Waals surface area contributed by atoms with Crippen LogP contribution in [-0.4, -0.2) is 22.0 Å². The number of aromatic carboxylic acids is 1. The number of carboxylic acids is 1. The molecule has 0 aliphatic heterocycles. The lowest BCUT2D eigenvalue weighted by Gasteiger charge is -2.00. The Kier molecular flexibility index (Phi) is 3.60. The molecule has 0 fully saturated rings. The van der Waals surface area contributed by atoms with E-state index in [1.165, 1.54) is 24.4 Å². The van der Waals surface area contributed by atoms with Gasteiger partial charge in [-0.25, -0.2) is 9.78 Å². The van der Waals surface area contributed by atoms with Gasteiger partial charge in [0.1, 0.15) is 5.82 Å². The fourth-order valence-corrected chi connectivity index (χ4v) is 1.04. The molecule has 0 radical (unpaired) electrons. The fourth-order valence-electron chi connectivity index (χ4n) is 1.04. The van der Waals surface area contributed by atoms with E-state index in [0.717, 1.165) is 0 Å². The van der Waals surface area contributed by atoms with Crippen molar-refractivity contribution in [1.82, 2.24) is 4.98 Å². The van der Waals surface area contributed by atoms with Crippen LogP contribution in [0.3, 0.4) is 0 Å². The molecule has 1 rings (SSSR count). The van der Waals surface area contributed by atoms with E-state index < -0.39 is 11.9 Å². The second-order valence-electron chi connectivity index (χ2n) is 3.08. The third-order valence-corrected chi connectivity index (χ3v) is 1.81. The highest BCUT2D eigenvalue weighted by atomic mass is 16.4. The number of hydrogen-bond donors (Lipinski definition) is 3. The number of nitrogen functional groups attached to an aromatic ring is 1. The lowest BCUT2D eigenvalue weighted by Crippen LogP contribution is -2.08. The van der Waals surface area contributed by atoms with E-state index in [1.54, 1.807) is 0 Å². The molecule has 0 aliphatic carbocycles. The second-order valence-corrected chi connectivity index (χ2v) is 3.08. The normalized spacial score (nSPS) is 10.5. The van der Waals surface area contributed by atoms with E-state index in [4.69, 9.17) is 16.6 Å². The van der Waals surface area contributed by atoms with Gasteiger partial charge in [-0.2, -0.15) is 0 Å². The minimum atomic E-state index is -1.09. The predicted molar refractivity (Wildman–Crippen MR) is 58.5 cm³/mol. The number of rotatable bonds is 4. The molecule has 0 aromatic carbocycles. The maximum atomic E-state index is 10.7. The Hall–Kier alpha value is -2.37. The van der Waals surface area contributed by atoms with Crippen LogP contribution in [0.2, 0.25) is 0 Å². The van der Waals surface area contributed by atoms with Crippen molar-refractivity contribution in [3.05, 3.63) is 29.5 Å². The zero-order chi connectivity index (χ0) is 12.1. The number of carbonyl (C=O) groups is 2. The number of carbonyl (C=O) groups excluding carboxylic acids is 1. The van der Waals surface area contributed by atoms with E-state index in [9.17, 15) is 9.59 Å². The lowest BCUT2D eigenvalue weighted by molar-refractivity contribution is -0.117. The molecule has 1 amide bonds. The molecule has 1 heterocycles. The first-order valence-electron chi connectivity index (χ1n) is 4.44. The van der Waals surface area contributed by atoms with Gasteiger partial charge in [-0.1, -0.05) is 12.2 Å². The average molecular weight is 221 g/mol. The van der Waals surface area contributed by atoms with Crippen LogP contribution >= 0.6 is 0 Å². The number of hydrogen-bond acceptors (Lipinski definition) is 4. The molecule has 6 heteroatoms. The van der Waals surface area contributed by atoms with Crippen LogP contribution in [0.25, 0.3) is 6.08 Å². The Morgan fingerprint density at radius 2 is 2.19 bits per heavy atom. The van der Waals surface area contributed by atoms with Crippen molar-refractivity contribution < 1.29 is 14.7 Å². The van der Waals surface area contributed by atoms with E-state index >= 15 is 0 Å². The smallest absolute Gasteiger partial charge is 0.337 e. The van der Waals surface area contributed by atoms with Gasteiger partial charge in [0.15, 0.2) is 0 Å². The Bertz CT molecular complexity index is 455. The van der Waals surface area contributed by atoms with Crippen molar-refractivity contribution in [3.63, 3.8) is 0 Å². The molecule has 0 saturated carbocycles. The van der Waals surface area contributed by atoms with E-state index in [0.29, 0.717) is 5.56 Å². The fraction of sp³-hybridized carbons (Fsp3) is 0.100. The van der Waals surface area contributed by atoms with Crippen molar-refractivity contribution in [2.24, 2.45) is 5.73 Å². The molecule has 84 valence electrons. The minimum absolute atomic E-state index is 0.0351. The summed E-state index contributed by atoms with van der Waals surface area (Å²) in [4.78, 5) is 24.9. The molecule has 0 unspecified atom stereocenters. The number of nitrogens with zero attached hydrogens (tertiary/aromatic N) is 1. The largest absolute Gasteiger partial charge is 0.478 e. The Morgan fingerprint density at radius 3 is 2.75 bits per heavy atom. The summed E-state index contributed by atoms with van der Waals surface area (Å²) < 4.78 is 0. The van der Waals surface area contributed by atoms with Gasteiger partial charge in [0.25, 0.3) is 0 Å². The van der Waals surface area contributed by atoms with Crippen LogP contribution in [0.5, 0.6) is 0 Å². The Balaban J connectivity index is 2.94. The molecule has 0 spiro atoms. The van der Waals surface area contributed by atoms with E-state index in [2.05, 4.69) is 4.98 Å². The summed E-state index contributed by atoms with van der Waals surface area (Å²) >= 11 is 0. The highest BCUT2D eigenvalue weighted by molar-refractivity contribution is 5.88.